The number of amides is 1. The molecular formula is C22H26N6O4S. The first-order chi connectivity index (χ1) is 15.9. The van der Waals surface area contributed by atoms with Crippen LogP contribution in [0.4, 0.5) is 17.1 Å². The number of nitrogens with one attached hydrogen (secondary N) is 1. The molecule has 1 N–H and O–H groups in total. The molecule has 0 saturated carbocycles. The van der Waals surface area contributed by atoms with Crippen molar-refractivity contribution in [3.8, 4) is 17.1 Å². The highest BCUT2D eigenvalue weighted by Crippen LogP contribution is 2.30. The van der Waals surface area contributed by atoms with Gasteiger partial charge in [-0.1, -0.05) is 11.8 Å². The van der Waals surface area contributed by atoms with Gasteiger partial charge in [0.25, 0.3) is 5.69 Å². The summed E-state index contributed by atoms with van der Waals surface area (Å²) in [5.74, 6) is 0.665. The van der Waals surface area contributed by atoms with Crippen LogP contribution in [0.15, 0.2) is 47.6 Å². The number of carbonyl (C=O) groups excluding carboxylic acids is 1. The smallest absolute Gasteiger partial charge is 0.296 e. The van der Waals surface area contributed by atoms with Crippen LogP contribution in [0.2, 0.25) is 0 Å². The van der Waals surface area contributed by atoms with Crippen LogP contribution in [0, 0.1) is 10.1 Å². The molecule has 3 aromatic rings. The lowest BCUT2D eigenvalue weighted by atomic mass is 10.2. The third-order valence-electron chi connectivity index (χ3n) is 5.10. The Bertz CT molecular complexity index is 1130. The molecule has 0 unspecified atom stereocenters. The number of methoxy groups -OCH3 is 1. The van der Waals surface area contributed by atoms with Crippen LogP contribution in [0.1, 0.15) is 13.8 Å². The van der Waals surface area contributed by atoms with Gasteiger partial charge in [0.1, 0.15) is 11.4 Å². The number of anilines is 2. The average Bonchev–Trinajstić information content (AvgIpc) is 3.19. The Morgan fingerprint density at radius 1 is 1.18 bits per heavy atom. The summed E-state index contributed by atoms with van der Waals surface area (Å²) in [6, 6.07) is 12.4. The Balaban J connectivity index is 1.66. The van der Waals surface area contributed by atoms with E-state index in [0.29, 0.717) is 16.7 Å². The van der Waals surface area contributed by atoms with E-state index >= 15 is 0 Å². The SMILES string of the molecule is CCN(CC)c1ccc(-c2nnc(SCC(=O)Nc3ccc(OC)cc3[N+](=O)[O-])n2C)cc1. The molecule has 0 spiro atoms. The minimum Gasteiger partial charge on any atom is -0.496 e. The Kier molecular flexibility index (Phi) is 7.88. The molecule has 0 bridgehead atoms. The third kappa shape index (κ3) is 5.61. The van der Waals surface area contributed by atoms with Crippen LogP contribution in [0.3, 0.4) is 0 Å². The molecule has 0 aliphatic carbocycles. The summed E-state index contributed by atoms with van der Waals surface area (Å²) in [7, 11) is 3.25. The highest BCUT2D eigenvalue weighted by molar-refractivity contribution is 7.99. The molecule has 0 radical (unpaired) electrons. The summed E-state index contributed by atoms with van der Waals surface area (Å²) >= 11 is 1.20. The van der Waals surface area contributed by atoms with Crippen molar-refractivity contribution < 1.29 is 14.5 Å². The molecule has 0 aliphatic heterocycles. The minimum atomic E-state index is -0.564. The molecule has 1 aromatic heterocycles. The Morgan fingerprint density at radius 2 is 1.88 bits per heavy atom. The van der Waals surface area contributed by atoms with Crippen molar-refractivity contribution in [1.29, 1.82) is 0 Å². The standard InChI is InChI=1S/C22H26N6O4S/c1-5-27(6-2)16-9-7-15(8-10-16)21-24-25-22(26(21)3)33-14-20(29)23-18-12-11-17(32-4)13-19(18)28(30)31/h7-13H,5-6,14H2,1-4H3,(H,23,29). The van der Waals surface area contributed by atoms with Gasteiger partial charge in [-0.3, -0.25) is 14.9 Å². The zero-order chi connectivity index (χ0) is 24.0. The zero-order valence-corrected chi connectivity index (χ0v) is 19.8. The second kappa shape index (κ2) is 10.8. The van der Waals surface area contributed by atoms with E-state index in [0.717, 1.165) is 24.3 Å². The zero-order valence-electron chi connectivity index (χ0n) is 18.9. The number of nitrogens with zero attached hydrogens (tertiary/aromatic N) is 5. The van der Waals surface area contributed by atoms with E-state index in [1.807, 2.05) is 23.7 Å². The van der Waals surface area contributed by atoms with Gasteiger partial charge in [-0.15, -0.1) is 10.2 Å². The fourth-order valence-electron chi connectivity index (χ4n) is 3.31. The number of benzene rings is 2. The quantitative estimate of drug-likeness (QED) is 0.269. The summed E-state index contributed by atoms with van der Waals surface area (Å²) < 4.78 is 6.83. The molecule has 0 fully saturated rings. The summed E-state index contributed by atoms with van der Waals surface area (Å²) in [5, 5.41) is 22.9. The normalized spacial score (nSPS) is 10.7. The predicted molar refractivity (Wildman–Crippen MR) is 129 cm³/mol. The van der Waals surface area contributed by atoms with Crippen LogP contribution < -0.4 is 15.0 Å². The number of rotatable bonds is 10. The number of hydrogen-bond donors (Lipinski definition) is 1. The van der Waals surface area contributed by atoms with Crippen LogP contribution in [0.25, 0.3) is 11.4 Å². The largest absolute Gasteiger partial charge is 0.496 e. The second-order valence-corrected chi connectivity index (χ2v) is 8.00. The van der Waals surface area contributed by atoms with E-state index in [4.69, 9.17) is 4.74 Å². The number of aromatic nitrogens is 3. The Morgan fingerprint density at radius 3 is 2.48 bits per heavy atom. The first kappa shape index (κ1) is 24.1. The van der Waals surface area contributed by atoms with Crippen LogP contribution in [-0.4, -0.2) is 51.5 Å². The van der Waals surface area contributed by atoms with Gasteiger partial charge in [0.15, 0.2) is 11.0 Å². The van der Waals surface area contributed by atoms with Gasteiger partial charge in [0.05, 0.1) is 23.9 Å². The van der Waals surface area contributed by atoms with Crippen molar-refractivity contribution in [1.82, 2.24) is 14.8 Å². The van der Waals surface area contributed by atoms with Gasteiger partial charge in [-0.25, -0.2) is 0 Å². The molecule has 0 aliphatic rings. The van der Waals surface area contributed by atoms with Gasteiger partial charge in [0.2, 0.25) is 5.91 Å². The lowest BCUT2D eigenvalue weighted by Gasteiger charge is -2.21. The van der Waals surface area contributed by atoms with Crippen molar-refractivity contribution in [2.75, 3.05) is 36.2 Å². The fourth-order valence-corrected chi connectivity index (χ4v) is 4.02. The number of hydrogen-bond acceptors (Lipinski definition) is 8. The van der Waals surface area contributed by atoms with Gasteiger partial charge >= 0.3 is 0 Å². The molecule has 10 nitrogen and oxygen atoms in total. The summed E-state index contributed by atoms with van der Waals surface area (Å²) in [5.41, 5.74) is 1.94. The monoisotopic (exact) mass is 470 g/mol. The minimum absolute atomic E-state index is 0.0239. The molecule has 0 atom stereocenters. The van der Waals surface area contributed by atoms with Gasteiger partial charge in [0, 0.05) is 31.4 Å². The van der Waals surface area contributed by atoms with Crippen molar-refractivity contribution in [3.63, 3.8) is 0 Å². The first-order valence-electron chi connectivity index (χ1n) is 10.4. The lowest BCUT2D eigenvalue weighted by Crippen LogP contribution is -2.21. The molecule has 3 rings (SSSR count). The van der Waals surface area contributed by atoms with Crippen molar-refractivity contribution >= 4 is 34.7 Å². The molecule has 0 saturated heterocycles. The molecule has 1 heterocycles. The maximum Gasteiger partial charge on any atom is 0.296 e. The molecule has 33 heavy (non-hydrogen) atoms. The first-order valence-corrected chi connectivity index (χ1v) is 11.4. The Hall–Kier alpha value is -3.60. The molecule has 1 amide bonds. The summed E-state index contributed by atoms with van der Waals surface area (Å²) in [6.07, 6.45) is 0. The second-order valence-electron chi connectivity index (χ2n) is 7.06. The van der Waals surface area contributed by atoms with Gasteiger partial charge < -0.3 is 19.5 Å². The number of thioether (sulfide) groups is 1. The topological polar surface area (TPSA) is 115 Å². The van der Waals surface area contributed by atoms with E-state index in [9.17, 15) is 14.9 Å². The highest BCUT2D eigenvalue weighted by atomic mass is 32.2. The fraction of sp³-hybridized carbons (Fsp3) is 0.318. The van der Waals surface area contributed by atoms with Crippen LogP contribution in [-0.2, 0) is 11.8 Å². The molecule has 174 valence electrons. The van der Waals surface area contributed by atoms with Crippen molar-refractivity contribution in [2.24, 2.45) is 7.05 Å². The third-order valence-corrected chi connectivity index (χ3v) is 6.12. The molecule has 2 aromatic carbocycles. The van der Waals surface area contributed by atoms with E-state index in [1.165, 1.54) is 31.0 Å². The Labute approximate surface area is 196 Å². The predicted octanol–water partition coefficient (Wildman–Crippen LogP) is 3.98. The van der Waals surface area contributed by atoms with E-state index in [-0.39, 0.29) is 23.0 Å². The lowest BCUT2D eigenvalue weighted by molar-refractivity contribution is -0.384. The number of carbonyl (C=O) groups is 1. The van der Waals surface area contributed by atoms with E-state index in [1.54, 1.807) is 6.07 Å². The maximum atomic E-state index is 12.4. The van der Waals surface area contributed by atoms with Gasteiger partial charge in [-0.2, -0.15) is 0 Å². The average molecular weight is 471 g/mol. The van der Waals surface area contributed by atoms with Crippen molar-refractivity contribution in [2.45, 2.75) is 19.0 Å². The summed E-state index contributed by atoms with van der Waals surface area (Å²) in [4.78, 5) is 25.4. The van der Waals surface area contributed by atoms with Crippen LogP contribution in [0.5, 0.6) is 5.75 Å². The number of ether oxygens (including phenoxy) is 1. The molecular weight excluding hydrogens is 444 g/mol. The number of nitro benzene ring substituents is 1. The highest BCUT2D eigenvalue weighted by Gasteiger charge is 2.18. The van der Waals surface area contributed by atoms with Crippen molar-refractivity contribution in [3.05, 3.63) is 52.6 Å². The van der Waals surface area contributed by atoms with Gasteiger partial charge in [-0.05, 0) is 50.2 Å². The number of nitro groups is 1. The van der Waals surface area contributed by atoms with E-state index < -0.39 is 4.92 Å². The maximum absolute atomic E-state index is 12.4. The van der Waals surface area contributed by atoms with E-state index in [2.05, 4.69) is 46.4 Å². The molecule has 11 heteroatoms. The summed E-state index contributed by atoms with van der Waals surface area (Å²) in [6.45, 7) is 6.10. The van der Waals surface area contributed by atoms with Crippen LogP contribution >= 0.6 is 11.8 Å².